The van der Waals surface area contributed by atoms with Crippen molar-refractivity contribution in [2.75, 3.05) is 25.0 Å². The lowest BCUT2D eigenvalue weighted by Gasteiger charge is -2.31. The molecule has 4 rings (SSSR count). The lowest BCUT2D eigenvalue weighted by atomic mass is 9.97. The molecular formula is C21H24N6S. The number of pyridine rings is 1. The standard InChI is InChI=1S/C21H24N6S/c22-11-18-10-17(19-13-25-26-14-19)3-4-21(18)24-12-16-5-8-27(9-6-16)28-20-2-1-7-23-15-20/h1-4,7,10-11,13-16,22,24H,5-6,8-9,12H2,(H,25,26). The molecule has 1 aliphatic heterocycles. The van der Waals surface area contributed by atoms with Gasteiger partial charge in [0.2, 0.25) is 0 Å². The predicted molar refractivity (Wildman–Crippen MR) is 115 cm³/mol. The molecule has 0 spiro atoms. The fourth-order valence-corrected chi connectivity index (χ4v) is 4.38. The molecule has 0 aliphatic carbocycles. The zero-order valence-corrected chi connectivity index (χ0v) is 16.5. The van der Waals surface area contributed by atoms with Gasteiger partial charge in [0.05, 0.1) is 6.20 Å². The summed E-state index contributed by atoms with van der Waals surface area (Å²) in [6.07, 6.45) is 11.2. The second kappa shape index (κ2) is 9.03. The molecule has 0 bridgehead atoms. The van der Waals surface area contributed by atoms with Crippen LogP contribution in [0.25, 0.3) is 11.1 Å². The number of nitrogens with zero attached hydrogens (tertiary/aromatic N) is 3. The van der Waals surface area contributed by atoms with E-state index < -0.39 is 0 Å². The number of anilines is 1. The normalized spacial score (nSPS) is 15.4. The van der Waals surface area contributed by atoms with E-state index in [4.69, 9.17) is 5.41 Å². The van der Waals surface area contributed by atoms with E-state index in [-0.39, 0.29) is 0 Å². The highest BCUT2D eigenvalue weighted by Crippen LogP contribution is 2.29. The fourth-order valence-electron chi connectivity index (χ4n) is 3.44. The topological polar surface area (TPSA) is 80.7 Å². The first kappa shape index (κ1) is 18.7. The van der Waals surface area contributed by atoms with Crippen LogP contribution in [0.15, 0.2) is 60.0 Å². The van der Waals surface area contributed by atoms with Crippen LogP contribution in [0.5, 0.6) is 0 Å². The molecule has 1 fully saturated rings. The van der Waals surface area contributed by atoms with Gasteiger partial charge in [-0.15, -0.1) is 0 Å². The number of aromatic amines is 1. The zero-order chi connectivity index (χ0) is 19.2. The van der Waals surface area contributed by atoms with Gasteiger partial charge >= 0.3 is 0 Å². The average molecular weight is 393 g/mol. The molecule has 28 heavy (non-hydrogen) atoms. The Morgan fingerprint density at radius 3 is 2.82 bits per heavy atom. The summed E-state index contributed by atoms with van der Waals surface area (Å²) in [5.74, 6) is 0.651. The summed E-state index contributed by atoms with van der Waals surface area (Å²) in [5.41, 5.74) is 4.03. The van der Waals surface area contributed by atoms with Crippen LogP contribution in [0.2, 0.25) is 0 Å². The summed E-state index contributed by atoms with van der Waals surface area (Å²) < 4.78 is 2.43. The Labute approximate surface area is 169 Å². The van der Waals surface area contributed by atoms with Crippen molar-refractivity contribution in [2.45, 2.75) is 17.7 Å². The van der Waals surface area contributed by atoms with Gasteiger partial charge in [-0.1, -0.05) is 6.07 Å². The fraction of sp³-hybridized carbons (Fsp3) is 0.286. The van der Waals surface area contributed by atoms with Gasteiger partial charge in [0.1, 0.15) is 0 Å². The highest BCUT2D eigenvalue weighted by Gasteiger charge is 2.20. The summed E-state index contributed by atoms with van der Waals surface area (Å²) in [6.45, 7) is 3.11. The third-order valence-corrected chi connectivity index (χ3v) is 6.14. The zero-order valence-electron chi connectivity index (χ0n) is 15.6. The van der Waals surface area contributed by atoms with E-state index in [0.29, 0.717) is 5.92 Å². The second-order valence-corrected chi connectivity index (χ2v) is 8.14. The van der Waals surface area contributed by atoms with E-state index >= 15 is 0 Å². The van der Waals surface area contributed by atoms with Gasteiger partial charge in [-0.2, -0.15) is 5.10 Å². The maximum absolute atomic E-state index is 7.76. The van der Waals surface area contributed by atoms with Gasteiger partial charge in [0.25, 0.3) is 0 Å². The highest BCUT2D eigenvalue weighted by atomic mass is 32.2. The van der Waals surface area contributed by atoms with Crippen molar-refractivity contribution in [1.82, 2.24) is 19.5 Å². The quantitative estimate of drug-likeness (QED) is 0.413. The van der Waals surface area contributed by atoms with E-state index in [1.807, 2.05) is 30.7 Å². The number of hydrogen-bond donors (Lipinski definition) is 3. The SMILES string of the molecule is N=Cc1cc(-c2cn[nH]c2)ccc1NCC1CCN(Sc2cccnc2)CC1. The van der Waals surface area contributed by atoms with Gasteiger partial charge in [0.15, 0.2) is 0 Å². The third-order valence-electron chi connectivity index (χ3n) is 5.06. The molecular weight excluding hydrogens is 368 g/mol. The van der Waals surface area contributed by atoms with E-state index in [1.54, 1.807) is 18.1 Å². The molecule has 0 amide bonds. The average Bonchev–Trinajstić information content (AvgIpc) is 3.29. The van der Waals surface area contributed by atoms with Crippen molar-refractivity contribution in [3.05, 3.63) is 60.7 Å². The second-order valence-electron chi connectivity index (χ2n) is 6.97. The molecule has 2 aromatic heterocycles. The Kier molecular flexibility index (Phi) is 6.04. The van der Waals surface area contributed by atoms with Gasteiger partial charge in [-0.05, 0) is 60.5 Å². The van der Waals surface area contributed by atoms with Crippen LogP contribution in [0.3, 0.4) is 0 Å². The van der Waals surface area contributed by atoms with Crippen molar-refractivity contribution < 1.29 is 0 Å². The minimum atomic E-state index is 0.651. The summed E-state index contributed by atoms with van der Waals surface area (Å²) >= 11 is 1.80. The van der Waals surface area contributed by atoms with Crippen molar-refractivity contribution in [3.63, 3.8) is 0 Å². The molecule has 3 heterocycles. The highest BCUT2D eigenvalue weighted by molar-refractivity contribution is 7.97. The number of hydrogen-bond acceptors (Lipinski definition) is 6. The monoisotopic (exact) mass is 392 g/mol. The van der Waals surface area contributed by atoms with Crippen LogP contribution in [0, 0.1) is 11.3 Å². The first-order valence-electron chi connectivity index (χ1n) is 9.52. The number of benzene rings is 1. The molecule has 1 aromatic carbocycles. The first-order valence-corrected chi connectivity index (χ1v) is 10.3. The number of rotatable bonds is 7. The van der Waals surface area contributed by atoms with Gasteiger partial charge < -0.3 is 10.7 Å². The molecule has 0 radical (unpaired) electrons. The third kappa shape index (κ3) is 4.61. The van der Waals surface area contributed by atoms with Crippen LogP contribution in [-0.2, 0) is 0 Å². The molecule has 3 aromatic rings. The molecule has 0 unspecified atom stereocenters. The minimum absolute atomic E-state index is 0.651. The van der Waals surface area contributed by atoms with Crippen LogP contribution in [-0.4, -0.2) is 45.3 Å². The number of H-pyrrole nitrogens is 1. The van der Waals surface area contributed by atoms with Gasteiger partial charge in [0, 0.05) is 66.1 Å². The number of aromatic nitrogens is 3. The van der Waals surface area contributed by atoms with Crippen molar-refractivity contribution in [1.29, 1.82) is 5.41 Å². The molecule has 1 saturated heterocycles. The van der Waals surface area contributed by atoms with Crippen molar-refractivity contribution in [2.24, 2.45) is 5.92 Å². The van der Waals surface area contributed by atoms with Crippen LogP contribution >= 0.6 is 11.9 Å². The van der Waals surface area contributed by atoms with E-state index in [9.17, 15) is 0 Å². The summed E-state index contributed by atoms with van der Waals surface area (Å²) in [7, 11) is 0. The van der Waals surface area contributed by atoms with Crippen LogP contribution in [0.1, 0.15) is 18.4 Å². The van der Waals surface area contributed by atoms with Crippen LogP contribution < -0.4 is 5.32 Å². The minimum Gasteiger partial charge on any atom is -0.384 e. The van der Waals surface area contributed by atoms with E-state index in [2.05, 4.69) is 43.0 Å². The Morgan fingerprint density at radius 2 is 2.11 bits per heavy atom. The summed E-state index contributed by atoms with van der Waals surface area (Å²) in [6, 6.07) is 10.3. The lowest BCUT2D eigenvalue weighted by molar-refractivity contribution is 0.301. The van der Waals surface area contributed by atoms with E-state index in [1.165, 1.54) is 24.0 Å². The molecule has 0 saturated carbocycles. The molecule has 7 heteroatoms. The molecule has 0 atom stereocenters. The van der Waals surface area contributed by atoms with Gasteiger partial charge in [-0.3, -0.25) is 10.1 Å². The van der Waals surface area contributed by atoms with Crippen molar-refractivity contribution in [3.8, 4) is 11.1 Å². The number of nitrogens with one attached hydrogen (secondary N) is 3. The predicted octanol–water partition coefficient (Wildman–Crippen LogP) is 4.30. The molecule has 3 N–H and O–H groups in total. The Morgan fingerprint density at radius 1 is 1.21 bits per heavy atom. The lowest BCUT2D eigenvalue weighted by Crippen LogP contribution is -2.31. The number of piperidine rings is 1. The smallest absolute Gasteiger partial charge is 0.0565 e. The van der Waals surface area contributed by atoms with Crippen LogP contribution in [0.4, 0.5) is 5.69 Å². The van der Waals surface area contributed by atoms with E-state index in [0.717, 1.165) is 42.0 Å². The Balaban J connectivity index is 1.30. The molecule has 6 nitrogen and oxygen atoms in total. The molecule has 1 aliphatic rings. The Hall–Kier alpha value is -2.64. The van der Waals surface area contributed by atoms with Crippen molar-refractivity contribution >= 4 is 23.8 Å². The maximum Gasteiger partial charge on any atom is 0.0565 e. The summed E-state index contributed by atoms with van der Waals surface area (Å²) in [5, 5.41) is 18.2. The molecule has 144 valence electrons. The largest absolute Gasteiger partial charge is 0.384 e. The summed E-state index contributed by atoms with van der Waals surface area (Å²) in [4.78, 5) is 5.39. The Bertz CT molecular complexity index is 889. The maximum atomic E-state index is 7.76. The first-order chi connectivity index (χ1) is 13.8. The van der Waals surface area contributed by atoms with Gasteiger partial charge in [-0.25, -0.2) is 4.31 Å².